The Morgan fingerprint density at radius 2 is 2.25 bits per heavy atom. The third-order valence-corrected chi connectivity index (χ3v) is 3.74. The number of rotatable bonds is 6. The van der Waals surface area contributed by atoms with Crippen LogP contribution in [-0.4, -0.2) is 18.5 Å². The minimum absolute atomic E-state index is 0.138. The Balaban J connectivity index is 2.16. The van der Waals surface area contributed by atoms with Crippen molar-refractivity contribution in [2.75, 3.05) is 6.54 Å². The number of amides is 1. The lowest BCUT2D eigenvalue weighted by Crippen LogP contribution is -2.41. The van der Waals surface area contributed by atoms with Crippen molar-refractivity contribution in [2.45, 2.75) is 58.4 Å². The molecule has 1 fully saturated rings. The predicted molar refractivity (Wildman–Crippen MR) is 67.0 cm³/mol. The van der Waals surface area contributed by atoms with Crippen LogP contribution in [0.15, 0.2) is 0 Å². The van der Waals surface area contributed by atoms with Gasteiger partial charge in [0.15, 0.2) is 0 Å². The molecule has 3 heteroatoms. The van der Waals surface area contributed by atoms with E-state index in [9.17, 15) is 4.79 Å². The lowest BCUT2D eigenvalue weighted by atomic mass is 9.81. The summed E-state index contributed by atoms with van der Waals surface area (Å²) in [5, 5.41) is 3.26. The van der Waals surface area contributed by atoms with Gasteiger partial charge in [-0.3, -0.25) is 4.79 Å². The summed E-state index contributed by atoms with van der Waals surface area (Å²) < 4.78 is 0. The fourth-order valence-electron chi connectivity index (χ4n) is 2.73. The minimum atomic E-state index is -0.223. The Labute approximate surface area is 99.2 Å². The standard InChI is InChI=1S/C13H26N2O/c1-3-12(13(14)16)15-8-7-11-6-4-5-10(2)9-11/h10-12,15H,3-9H2,1-2H3,(H2,14,16). The zero-order valence-corrected chi connectivity index (χ0v) is 10.7. The van der Waals surface area contributed by atoms with E-state index in [1.807, 2.05) is 6.92 Å². The van der Waals surface area contributed by atoms with E-state index >= 15 is 0 Å². The summed E-state index contributed by atoms with van der Waals surface area (Å²) >= 11 is 0. The van der Waals surface area contributed by atoms with Crippen molar-refractivity contribution in [1.82, 2.24) is 5.32 Å². The molecule has 0 spiro atoms. The zero-order chi connectivity index (χ0) is 12.0. The van der Waals surface area contributed by atoms with Gasteiger partial charge in [0.25, 0.3) is 0 Å². The van der Waals surface area contributed by atoms with Gasteiger partial charge in [-0.25, -0.2) is 0 Å². The fraction of sp³-hybridized carbons (Fsp3) is 0.923. The molecule has 3 atom stereocenters. The van der Waals surface area contributed by atoms with Crippen LogP contribution < -0.4 is 11.1 Å². The van der Waals surface area contributed by atoms with Crippen molar-refractivity contribution in [1.29, 1.82) is 0 Å². The Kier molecular flexibility index (Phi) is 5.81. The molecule has 3 unspecified atom stereocenters. The summed E-state index contributed by atoms with van der Waals surface area (Å²) in [5.74, 6) is 1.51. The molecule has 3 nitrogen and oxygen atoms in total. The molecule has 0 saturated heterocycles. The molecule has 94 valence electrons. The highest BCUT2D eigenvalue weighted by Gasteiger charge is 2.19. The van der Waals surface area contributed by atoms with Crippen LogP contribution in [0.3, 0.4) is 0 Å². The Bertz CT molecular complexity index is 218. The molecule has 0 radical (unpaired) electrons. The molecule has 3 N–H and O–H groups in total. The van der Waals surface area contributed by atoms with Crippen LogP contribution in [0.2, 0.25) is 0 Å². The maximum absolute atomic E-state index is 11.0. The summed E-state index contributed by atoms with van der Waals surface area (Å²) in [7, 11) is 0. The highest BCUT2D eigenvalue weighted by atomic mass is 16.1. The normalized spacial score (nSPS) is 27.6. The largest absolute Gasteiger partial charge is 0.368 e. The molecule has 1 aliphatic rings. The van der Waals surface area contributed by atoms with Crippen molar-refractivity contribution in [3.8, 4) is 0 Å². The van der Waals surface area contributed by atoms with Gasteiger partial charge < -0.3 is 11.1 Å². The van der Waals surface area contributed by atoms with E-state index in [0.29, 0.717) is 0 Å². The number of carbonyl (C=O) groups excluding carboxylic acids is 1. The van der Waals surface area contributed by atoms with Crippen LogP contribution in [-0.2, 0) is 4.79 Å². The predicted octanol–water partition coefficient (Wildman–Crippen LogP) is 2.06. The first-order valence-corrected chi connectivity index (χ1v) is 6.66. The summed E-state index contributed by atoms with van der Waals surface area (Å²) in [6.45, 7) is 5.27. The first-order chi connectivity index (χ1) is 7.63. The third kappa shape index (κ3) is 4.52. The van der Waals surface area contributed by atoms with Crippen molar-refractivity contribution in [3.63, 3.8) is 0 Å². The molecule has 16 heavy (non-hydrogen) atoms. The van der Waals surface area contributed by atoms with Gasteiger partial charge in [0.05, 0.1) is 6.04 Å². The quantitative estimate of drug-likeness (QED) is 0.728. The molecular formula is C13H26N2O. The van der Waals surface area contributed by atoms with Crippen LogP contribution in [0.4, 0.5) is 0 Å². The average Bonchev–Trinajstić information content (AvgIpc) is 2.24. The number of hydrogen-bond donors (Lipinski definition) is 2. The van der Waals surface area contributed by atoms with Crippen molar-refractivity contribution in [3.05, 3.63) is 0 Å². The van der Waals surface area contributed by atoms with Gasteiger partial charge in [0.1, 0.15) is 0 Å². The highest BCUT2D eigenvalue weighted by molar-refractivity contribution is 5.79. The van der Waals surface area contributed by atoms with Gasteiger partial charge in [-0.05, 0) is 37.6 Å². The van der Waals surface area contributed by atoms with Crippen LogP contribution in [0.25, 0.3) is 0 Å². The van der Waals surface area contributed by atoms with Crippen LogP contribution in [0, 0.1) is 11.8 Å². The van der Waals surface area contributed by atoms with Gasteiger partial charge in [-0.2, -0.15) is 0 Å². The SMILES string of the molecule is CCC(NCCC1CCCC(C)C1)C(N)=O. The van der Waals surface area contributed by atoms with Crippen molar-refractivity contribution < 1.29 is 4.79 Å². The second-order valence-corrected chi connectivity index (χ2v) is 5.24. The molecule has 1 aliphatic carbocycles. The van der Waals surface area contributed by atoms with E-state index in [2.05, 4.69) is 12.2 Å². The number of nitrogens with two attached hydrogens (primary N) is 1. The smallest absolute Gasteiger partial charge is 0.234 e. The van der Waals surface area contributed by atoms with Gasteiger partial charge in [0.2, 0.25) is 5.91 Å². The van der Waals surface area contributed by atoms with E-state index in [1.165, 1.54) is 32.1 Å². The van der Waals surface area contributed by atoms with Crippen molar-refractivity contribution >= 4 is 5.91 Å². The first kappa shape index (κ1) is 13.5. The molecule has 0 aliphatic heterocycles. The Morgan fingerprint density at radius 1 is 1.50 bits per heavy atom. The van der Waals surface area contributed by atoms with Gasteiger partial charge >= 0.3 is 0 Å². The third-order valence-electron chi connectivity index (χ3n) is 3.74. The lowest BCUT2D eigenvalue weighted by Gasteiger charge is -2.27. The lowest BCUT2D eigenvalue weighted by molar-refractivity contribution is -0.120. The second kappa shape index (κ2) is 6.89. The number of nitrogens with one attached hydrogen (secondary N) is 1. The molecule has 0 aromatic heterocycles. The highest BCUT2D eigenvalue weighted by Crippen LogP contribution is 2.30. The van der Waals surface area contributed by atoms with Crippen molar-refractivity contribution in [2.24, 2.45) is 17.6 Å². The summed E-state index contributed by atoms with van der Waals surface area (Å²) in [4.78, 5) is 11.0. The molecule has 0 aromatic rings. The molecule has 0 aromatic carbocycles. The summed E-state index contributed by atoms with van der Waals surface area (Å²) in [5.41, 5.74) is 5.29. The fourth-order valence-corrected chi connectivity index (χ4v) is 2.73. The second-order valence-electron chi connectivity index (χ2n) is 5.24. The molecule has 1 rings (SSSR count). The first-order valence-electron chi connectivity index (χ1n) is 6.66. The molecule has 0 heterocycles. The van der Waals surface area contributed by atoms with Gasteiger partial charge in [-0.15, -0.1) is 0 Å². The number of hydrogen-bond acceptors (Lipinski definition) is 2. The zero-order valence-electron chi connectivity index (χ0n) is 10.7. The summed E-state index contributed by atoms with van der Waals surface area (Å²) in [6, 6.07) is -0.138. The van der Waals surface area contributed by atoms with E-state index in [4.69, 9.17) is 5.73 Å². The Hall–Kier alpha value is -0.570. The van der Waals surface area contributed by atoms with E-state index in [-0.39, 0.29) is 11.9 Å². The molecule has 1 saturated carbocycles. The summed E-state index contributed by atoms with van der Waals surface area (Å²) in [6.07, 6.45) is 7.46. The molecule has 0 bridgehead atoms. The molecule has 1 amide bonds. The maximum Gasteiger partial charge on any atom is 0.234 e. The van der Waals surface area contributed by atoms with Gasteiger partial charge in [-0.1, -0.05) is 33.1 Å². The van der Waals surface area contributed by atoms with E-state index in [0.717, 1.165) is 24.8 Å². The van der Waals surface area contributed by atoms with Gasteiger partial charge in [0, 0.05) is 0 Å². The minimum Gasteiger partial charge on any atom is -0.368 e. The van der Waals surface area contributed by atoms with Crippen LogP contribution in [0.1, 0.15) is 52.4 Å². The number of carbonyl (C=O) groups is 1. The van der Waals surface area contributed by atoms with E-state index < -0.39 is 0 Å². The Morgan fingerprint density at radius 3 is 2.81 bits per heavy atom. The molecular weight excluding hydrogens is 200 g/mol. The average molecular weight is 226 g/mol. The number of primary amides is 1. The monoisotopic (exact) mass is 226 g/mol. The maximum atomic E-state index is 11.0. The van der Waals surface area contributed by atoms with Crippen LogP contribution in [0.5, 0.6) is 0 Å². The van der Waals surface area contributed by atoms with Crippen LogP contribution >= 0.6 is 0 Å². The van der Waals surface area contributed by atoms with E-state index in [1.54, 1.807) is 0 Å². The topological polar surface area (TPSA) is 55.1 Å².